The maximum Gasteiger partial charge on any atom is 0.194 e. The van der Waals surface area contributed by atoms with Gasteiger partial charge in [0.2, 0.25) is 0 Å². The van der Waals surface area contributed by atoms with Crippen molar-refractivity contribution < 1.29 is 4.74 Å². The van der Waals surface area contributed by atoms with Crippen molar-refractivity contribution in [1.82, 2.24) is 20.2 Å². The van der Waals surface area contributed by atoms with Crippen LogP contribution in [0.2, 0.25) is 0 Å². The summed E-state index contributed by atoms with van der Waals surface area (Å²) in [7, 11) is 2.03. The number of imidazole rings is 1. The molecule has 2 aromatic rings. The van der Waals surface area contributed by atoms with Crippen LogP contribution in [-0.2, 0) is 11.3 Å². The third kappa shape index (κ3) is 5.70. The monoisotopic (exact) mass is 469 g/mol. The van der Waals surface area contributed by atoms with E-state index in [1.165, 1.54) is 0 Å². The lowest BCUT2D eigenvalue weighted by Gasteiger charge is -2.21. The molecule has 0 amide bonds. The fourth-order valence-electron chi connectivity index (χ4n) is 2.95. The standard InChI is InChI=1S/C19H27N5O.HI/c1-3-20-19(22-12-16-10-7-11-25-16)24(2)14-18-21-13-17(23-18)15-8-5-4-6-9-15;/h4-6,8-9,13,16H,3,7,10-12,14H2,1-2H3,(H,20,22)(H,21,23);1H. The first-order valence-corrected chi connectivity index (χ1v) is 8.96. The van der Waals surface area contributed by atoms with Crippen LogP contribution in [0.15, 0.2) is 41.5 Å². The molecule has 3 rings (SSSR count). The number of aromatic amines is 1. The van der Waals surface area contributed by atoms with E-state index in [0.717, 1.165) is 49.0 Å². The van der Waals surface area contributed by atoms with E-state index in [9.17, 15) is 0 Å². The predicted octanol–water partition coefficient (Wildman–Crippen LogP) is 3.27. The van der Waals surface area contributed by atoms with Gasteiger partial charge in [-0.15, -0.1) is 24.0 Å². The van der Waals surface area contributed by atoms with E-state index in [2.05, 4.69) is 39.2 Å². The molecule has 142 valence electrons. The van der Waals surface area contributed by atoms with Gasteiger partial charge in [-0.3, -0.25) is 4.99 Å². The molecule has 0 radical (unpaired) electrons. The number of guanidine groups is 1. The molecule has 1 fully saturated rings. The molecule has 2 heterocycles. The Balaban J connectivity index is 0.00000243. The van der Waals surface area contributed by atoms with Gasteiger partial charge < -0.3 is 19.9 Å². The zero-order valence-electron chi connectivity index (χ0n) is 15.4. The molecule has 0 aliphatic carbocycles. The van der Waals surface area contributed by atoms with Gasteiger partial charge in [0.15, 0.2) is 5.96 Å². The summed E-state index contributed by atoms with van der Waals surface area (Å²) in [6.45, 7) is 5.16. The van der Waals surface area contributed by atoms with Crippen molar-refractivity contribution in [2.45, 2.75) is 32.4 Å². The largest absolute Gasteiger partial charge is 0.376 e. The average molecular weight is 469 g/mol. The van der Waals surface area contributed by atoms with Gasteiger partial charge in [0.1, 0.15) is 5.82 Å². The van der Waals surface area contributed by atoms with Crippen LogP contribution in [0.25, 0.3) is 11.3 Å². The van der Waals surface area contributed by atoms with Crippen molar-refractivity contribution in [2.75, 3.05) is 26.7 Å². The average Bonchev–Trinajstić information content (AvgIpc) is 3.31. The highest BCUT2D eigenvalue weighted by Gasteiger charge is 2.16. The van der Waals surface area contributed by atoms with E-state index in [1.807, 2.05) is 31.4 Å². The first-order valence-electron chi connectivity index (χ1n) is 8.96. The zero-order valence-corrected chi connectivity index (χ0v) is 17.8. The van der Waals surface area contributed by atoms with E-state index in [1.54, 1.807) is 0 Å². The Labute approximate surface area is 172 Å². The van der Waals surface area contributed by atoms with E-state index in [0.29, 0.717) is 13.1 Å². The Morgan fingerprint density at radius 3 is 2.88 bits per heavy atom. The second-order valence-corrected chi connectivity index (χ2v) is 6.30. The molecule has 1 unspecified atom stereocenters. The second-order valence-electron chi connectivity index (χ2n) is 6.30. The minimum absolute atomic E-state index is 0. The summed E-state index contributed by atoms with van der Waals surface area (Å²) in [6, 6.07) is 10.2. The fourth-order valence-corrected chi connectivity index (χ4v) is 2.95. The Morgan fingerprint density at radius 2 is 2.19 bits per heavy atom. The van der Waals surface area contributed by atoms with E-state index < -0.39 is 0 Å². The molecule has 1 saturated heterocycles. The van der Waals surface area contributed by atoms with Crippen LogP contribution in [0.5, 0.6) is 0 Å². The molecule has 1 atom stereocenters. The molecule has 0 bridgehead atoms. The molecule has 1 aliphatic heterocycles. The summed E-state index contributed by atoms with van der Waals surface area (Å²) in [6.07, 6.45) is 4.39. The second kappa shape index (κ2) is 10.5. The van der Waals surface area contributed by atoms with Crippen molar-refractivity contribution in [1.29, 1.82) is 0 Å². The van der Waals surface area contributed by atoms with Crippen LogP contribution in [0, 0.1) is 0 Å². The van der Waals surface area contributed by atoms with Crippen LogP contribution in [0.4, 0.5) is 0 Å². The number of hydrogen-bond donors (Lipinski definition) is 2. The van der Waals surface area contributed by atoms with Crippen LogP contribution < -0.4 is 5.32 Å². The summed E-state index contributed by atoms with van der Waals surface area (Å²) >= 11 is 0. The van der Waals surface area contributed by atoms with Gasteiger partial charge in [-0.2, -0.15) is 0 Å². The van der Waals surface area contributed by atoms with Crippen LogP contribution >= 0.6 is 24.0 Å². The summed E-state index contributed by atoms with van der Waals surface area (Å²) in [5.74, 6) is 1.81. The van der Waals surface area contributed by atoms with E-state index in [4.69, 9.17) is 9.73 Å². The third-order valence-electron chi connectivity index (χ3n) is 4.27. The summed E-state index contributed by atoms with van der Waals surface area (Å²) < 4.78 is 5.66. The van der Waals surface area contributed by atoms with Gasteiger partial charge in [0.05, 0.1) is 31.1 Å². The first-order chi connectivity index (χ1) is 12.3. The molecule has 1 aromatic heterocycles. The highest BCUT2D eigenvalue weighted by atomic mass is 127. The van der Waals surface area contributed by atoms with Gasteiger partial charge in [0.25, 0.3) is 0 Å². The summed E-state index contributed by atoms with van der Waals surface area (Å²) in [5.41, 5.74) is 2.17. The highest BCUT2D eigenvalue weighted by Crippen LogP contribution is 2.16. The number of hydrogen-bond acceptors (Lipinski definition) is 3. The third-order valence-corrected chi connectivity index (χ3v) is 4.27. The van der Waals surface area contributed by atoms with E-state index >= 15 is 0 Å². The summed E-state index contributed by atoms with van der Waals surface area (Å²) in [4.78, 5) is 14.7. The number of nitrogens with zero attached hydrogens (tertiary/aromatic N) is 3. The normalized spacial score (nSPS) is 17.0. The topological polar surface area (TPSA) is 65.5 Å². The lowest BCUT2D eigenvalue weighted by atomic mass is 10.2. The van der Waals surface area contributed by atoms with Crippen LogP contribution in [-0.4, -0.2) is 53.7 Å². The minimum Gasteiger partial charge on any atom is -0.376 e. The maximum absolute atomic E-state index is 5.66. The van der Waals surface area contributed by atoms with Gasteiger partial charge in [0, 0.05) is 20.2 Å². The van der Waals surface area contributed by atoms with Gasteiger partial charge in [-0.05, 0) is 25.3 Å². The Hall–Kier alpha value is -1.61. The van der Waals surface area contributed by atoms with Gasteiger partial charge in [-0.1, -0.05) is 30.3 Å². The number of H-pyrrole nitrogens is 1. The highest BCUT2D eigenvalue weighted by molar-refractivity contribution is 14.0. The first kappa shape index (κ1) is 20.7. The van der Waals surface area contributed by atoms with Crippen molar-refractivity contribution >= 4 is 29.9 Å². The zero-order chi connectivity index (χ0) is 17.5. The van der Waals surface area contributed by atoms with Crippen LogP contribution in [0.3, 0.4) is 0 Å². The lowest BCUT2D eigenvalue weighted by Crippen LogP contribution is -2.39. The molecule has 6 nitrogen and oxygen atoms in total. The van der Waals surface area contributed by atoms with E-state index in [-0.39, 0.29) is 30.1 Å². The lowest BCUT2D eigenvalue weighted by molar-refractivity contribution is 0.117. The molecule has 0 spiro atoms. The SMILES string of the molecule is CCNC(=NCC1CCCO1)N(C)Cc1ncc(-c2ccccc2)[nH]1.I. The number of nitrogens with one attached hydrogen (secondary N) is 2. The van der Waals surface area contributed by atoms with Crippen molar-refractivity contribution in [3.05, 3.63) is 42.4 Å². The maximum atomic E-state index is 5.66. The predicted molar refractivity (Wildman–Crippen MR) is 116 cm³/mol. The molecule has 26 heavy (non-hydrogen) atoms. The van der Waals surface area contributed by atoms with Crippen molar-refractivity contribution in [3.8, 4) is 11.3 Å². The van der Waals surface area contributed by atoms with Gasteiger partial charge in [-0.25, -0.2) is 4.98 Å². The molecule has 1 aliphatic rings. The van der Waals surface area contributed by atoms with Crippen molar-refractivity contribution in [3.63, 3.8) is 0 Å². The molecule has 7 heteroatoms. The number of benzene rings is 1. The Kier molecular flexibility index (Phi) is 8.37. The van der Waals surface area contributed by atoms with Gasteiger partial charge >= 0.3 is 0 Å². The molecule has 1 aromatic carbocycles. The molecule has 0 saturated carbocycles. The Bertz CT molecular complexity index is 682. The summed E-state index contributed by atoms with van der Waals surface area (Å²) in [5, 5.41) is 3.34. The minimum atomic E-state index is 0. The molecule has 2 N–H and O–H groups in total. The number of aliphatic imine (C=N–C) groups is 1. The fraction of sp³-hybridized carbons (Fsp3) is 0.474. The quantitative estimate of drug-likeness (QED) is 0.387. The molecular formula is C19H28IN5O. The Morgan fingerprint density at radius 1 is 1.38 bits per heavy atom. The number of ether oxygens (including phenoxy) is 1. The van der Waals surface area contributed by atoms with Crippen molar-refractivity contribution in [2.24, 2.45) is 4.99 Å². The molecular weight excluding hydrogens is 441 g/mol. The smallest absolute Gasteiger partial charge is 0.194 e. The number of rotatable bonds is 6. The number of halogens is 1. The van der Waals surface area contributed by atoms with Crippen LogP contribution in [0.1, 0.15) is 25.6 Å². The number of aromatic nitrogens is 2.